The van der Waals surface area contributed by atoms with Gasteiger partial charge in [0.15, 0.2) is 5.96 Å². The van der Waals surface area contributed by atoms with Gasteiger partial charge in [-0.2, -0.15) is 0 Å². The topological polar surface area (TPSA) is 67.1 Å². The van der Waals surface area contributed by atoms with Gasteiger partial charge in [0.25, 0.3) is 0 Å². The minimum Gasteiger partial charge on any atom is -0.466 e. The second-order valence-electron chi connectivity index (χ2n) is 6.12. The Bertz CT molecular complexity index is 578. The second kappa shape index (κ2) is 10.7. The second-order valence-corrected chi connectivity index (χ2v) is 6.12. The van der Waals surface area contributed by atoms with Crippen LogP contribution in [0.25, 0.3) is 0 Å². The van der Waals surface area contributed by atoms with Crippen molar-refractivity contribution < 1.29 is 13.9 Å². The molecule has 1 aliphatic rings. The van der Waals surface area contributed by atoms with E-state index in [-0.39, 0.29) is 35.9 Å². The Morgan fingerprint density at radius 3 is 2.56 bits per heavy atom. The molecule has 6 nitrogen and oxygen atoms in total. The van der Waals surface area contributed by atoms with Gasteiger partial charge in [-0.1, -0.05) is 0 Å². The van der Waals surface area contributed by atoms with Crippen LogP contribution < -0.4 is 5.32 Å². The highest BCUT2D eigenvalue weighted by Gasteiger charge is 2.27. The molecule has 7 heteroatoms. The molecule has 0 saturated carbocycles. The average molecular weight is 463 g/mol. The van der Waals surface area contributed by atoms with E-state index in [1.807, 2.05) is 26.8 Å². The zero-order valence-electron chi connectivity index (χ0n) is 15.6. The number of halogens is 1. The van der Waals surface area contributed by atoms with Gasteiger partial charge in [0, 0.05) is 25.2 Å². The first-order valence-corrected chi connectivity index (χ1v) is 8.80. The van der Waals surface area contributed by atoms with Crippen LogP contribution in [0.2, 0.25) is 0 Å². The van der Waals surface area contributed by atoms with E-state index in [1.54, 1.807) is 0 Å². The van der Waals surface area contributed by atoms with Crippen LogP contribution in [0.1, 0.15) is 43.8 Å². The SMILES string of the molecule is CCNC(=NCc1cc(C)oc1C)N1CCC(C(=O)OCC)CC1.I. The van der Waals surface area contributed by atoms with E-state index >= 15 is 0 Å². The number of likely N-dealkylation sites (tertiary alicyclic amines) is 1. The molecule has 25 heavy (non-hydrogen) atoms. The van der Waals surface area contributed by atoms with Gasteiger partial charge in [0.05, 0.1) is 19.1 Å². The predicted molar refractivity (Wildman–Crippen MR) is 109 cm³/mol. The first kappa shape index (κ1) is 21.8. The van der Waals surface area contributed by atoms with Crippen molar-refractivity contribution in [1.29, 1.82) is 0 Å². The van der Waals surface area contributed by atoms with Crippen LogP contribution in [-0.4, -0.2) is 43.1 Å². The fourth-order valence-corrected chi connectivity index (χ4v) is 3.01. The summed E-state index contributed by atoms with van der Waals surface area (Å²) >= 11 is 0. The molecule has 0 spiro atoms. The predicted octanol–water partition coefficient (Wildman–Crippen LogP) is 3.26. The van der Waals surface area contributed by atoms with E-state index in [1.165, 1.54) is 0 Å². The molecule has 1 aromatic rings. The number of hydrogen-bond acceptors (Lipinski definition) is 4. The summed E-state index contributed by atoms with van der Waals surface area (Å²) in [5.41, 5.74) is 1.12. The number of carbonyl (C=O) groups excluding carboxylic acids is 1. The number of carbonyl (C=O) groups is 1. The summed E-state index contributed by atoms with van der Waals surface area (Å²) in [4.78, 5) is 18.8. The molecule has 0 unspecified atom stereocenters. The molecule has 0 aromatic carbocycles. The number of nitrogens with one attached hydrogen (secondary N) is 1. The third-order valence-electron chi connectivity index (χ3n) is 4.29. The molecule has 2 heterocycles. The van der Waals surface area contributed by atoms with E-state index in [0.29, 0.717) is 13.2 Å². The number of guanidine groups is 1. The summed E-state index contributed by atoms with van der Waals surface area (Å²) in [7, 11) is 0. The number of ether oxygens (including phenoxy) is 1. The van der Waals surface area contributed by atoms with Gasteiger partial charge in [-0.15, -0.1) is 24.0 Å². The Labute approximate surface area is 167 Å². The number of piperidine rings is 1. The van der Waals surface area contributed by atoms with Crippen molar-refractivity contribution in [3.05, 3.63) is 23.2 Å². The lowest BCUT2D eigenvalue weighted by Crippen LogP contribution is -2.46. The molecule has 142 valence electrons. The van der Waals surface area contributed by atoms with Crippen molar-refractivity contribution >= 4 is 35.9 Å². The van der Waals surface area contributed by atoms with E-state index in [4.69, 9.17) is 14.1 Å². The molecule has 1 aromatic heterocycles. The van der Waals surface area contributed by atoms with Gasteiger partial charge in [-0.25, -0.2) is 4.99 Å². The Morgan fingerprint density at radius 2 is 2.04 bits per heavy atom. The normalized spacial score (nSPS) is 15.7. The Kier molecular flexibility index (Phi) is 9.31. The third kappa shape index (κ3) is 6.20. The van der Waals surface area contributed by atoms with Crippen LogP contribution in [0.3, 0.4) is 0 Å². The fourth-order valence-electron chi connectivity index (χ4n) is 3.01. The van der Waals surface area contributed by atoms with Gasteiger partial charge in [-0.05, 0) is 46.6 Å². The van der Waals surface area contributed by atoms with E-state index in [9.17, 15) is 4.79 Å². The fraction of sp³-hybridized carbons (Fsp3) is 0.667. The van der Waals surface area contributed by atoms with Crippen molar-refractivity contribution in [2.24, 2.45) is 10.9 Å². The van der Waals surface area contributed by atoms with Gasteiger partial charge in [0.1, 0.15) is 11.5 Å². The number of aryl methyl sites for hydroxylation is 2. The number of hydrogen-bond donors (Lipinski definition) is 1. The maximum atomic E-state index is 11.9. The summed E-state index contributed by atoms with van der Waals surface area (Å²) < 4.78 is 10.7. The summed E-state index contributed by atoms with van der Waals surface area (Å²) in [6.07, 6.45) is 1.63. The highest BCUT2D eigenvalue weighted by Crippen LogP contribution is 2.19. The molecular weight excluding hydrogens is 433 g/mol. The smallest absolute Gasteiger partial charge is 0.309 e. The minimum atomic E-state index is -0.0661. The zero-order valence-corrected chi connectivity index (χ0v) is 18.0. The average Bonchev–Trinajstić information content (AvgIpc) is 2.89. The van der Waals surface area contributed by atoms with E-state index in [0.717, 1.165) is 55.5 Å². The molecule has 0 bridgehead atoms. The summed E-state index contributed by atoms with van der Waals surface area (Å²) in [6.45, 7) is 11.3. The van der Waals surface area contributed by atoms with Crippen LogP contribution in [-0.2, 0) is 16.1 Å². The summed E-state index contributed by atoms with van der Waals surface area (Å²) in [5, 5.41) is 3.35. The highest BCUT2D eigenvalue weighted by atomic mass is 127. The van der Waals surface area contributed by atoms with Crippen molar-refractivity contribution in [2.45, 2.75) is 47.1 Å². The molecule has 1 N–H and O–H groups in total. The maximum absolute atomic E-state index is 11.9. The van der Waals surface area contributed by atoms with Crippen molar-refractivity contribution in [1.82, 2.24) is 10.2 Å². The molecule has 1 aliphatic heterocycles. The monoisotopic (exact) mass is 463 g/mol. The minimum absolute atomic E-state index is 0. The number of esters is 1. The van der Waals surface area contributed by atoms with Crippen molar-refractivity contribution in [3.63, 3.8) is 0 Å². The Hall–Kier alpha value is -1.25. The number of rotatable bonds is 5. The lowest BCUT2D eigenvalue weighted by Gasteiger charge is -2.33. The lowest BCUT2D eigenvalue weighted by atomic mass is 9.97. The van der Waals surface area contributed by atoms with E-state index < -0.39 is 0 Å². The first-order chi connectivity index (χ1) is 11.5. The lowest BCUT2D eigenvalue weighted by molar-refractivity contribution is -0.149. The molecule has 2 rings (SSSR count). The number of nitrogens with zero attached hydrogens (tertiary/aromatic N) is 2. The van der Waals surface area contributed by atoms with Crippen LogP contribution in [0.15, 0.2) is 15.5 Å². The van der Waals surface area contributed by atoms with Gasteiger partial charge in [0.2, 0.25) is 0 Å². The molecule has 0 aliphatic carbocycles. The molecule has 1 saturated heterocycles. The summed E-state index contributed by atoms with van der Waals surface area (Å²) in [6, 6.07) is 2.04. The molecule has 0 radical (unpaired) electrons. The maximum Gasteiger partial charge on any atom is 0.309 e. The first-order valence-electron chi connectivity index (χ1n) is 8.80. The molecule has 0 amide bonds. The van der Waals surface area contributed by atoms with Gasteiger partial charge >= 0.3 is 5.97 Å². The number of aliphatic imine (C=N–C) groups is 1. The molecular formula is C18H30IN3O3. The van der Waals surface area contributed by atoms with Crippen LogP contribution in [0.5, 0.6) is 0 Å². The van der Waals surface area contributed by atoms with Gasteiger partial charge < -0.3 is 19.4 Å². The quantitative estimate of drug-likeness (QED) is 0.314. The van der Waals surface area contributed by atoms with Gasteiger partial charge in [-0.3, -0.25) is 4.79 Å². The summed E-state index contributed by atoms with van der Waals surface area (Å²) in [5.74, 6) is 2.69. The molecule has 1 fully saturated rings. The van der Waals surface area contributed by atoms with Crippen molar-refractivity contribution in [2.75, 3.05) is 26.2 Å². The van der Waals surface area contributed by atoms with Crippen molar-refractivity contribution in [3.8, 4) is 0 Å². The largest absolute Gasteiger partial charge is 0.466 e. The third-order valence-corrected chi connectivity index (χ3v) is 4.29. The standard InChI is InChI=1S/C18H29N3O3.HI/c1-5-19-18(20-12-16-11-13(3)24-14(16)4)21-9-7-15(8-10-21)17(22)23-6-2;/h11,15H,5-10,12H2,1-4H3,(H,19,20);1H. The van der Waals surface area contributed by atoms with E-state index in [2.05, 4.69) is 17.1 Å². The number of furan rings is 1. The Balaban J connectivity index is 0.00000312. The van der Waals surface area contributed by atoms with Crippen LogP contribution in [0.4, 0.5) is 0 Å². The highest BCUT2D eigenvalue weighted by molar-refractivity contribution is 14.0. The molecule has 0 atom stereocenters. The van der Waals surface area contributed by atoms with Crippen LogP contribution in [0, 0.1) is 19.8 Å². The Morgan fingerprint density at radius 1 is 1.36 bits per heavy atom. The van der Waals surface area contributed by atoms with Crippen LogP contribution >= 0.6 is 24.0 Å². The zero-order chi connectivity index (χ0) is 17.5.